The summed E-state index contributed by atoms with van der Waals surface area (Å²) in [7, 11) is 0. The maximum atomic E-state index is 12.5. The predicted molar refractivity (Wildman–Crippen MR) is 99.7 cm³/mol. The summed E-state index contributed by atoms with van der Waals surface area (Å²) in [5.41, 5.74) is 2.15. The minimum Gasteiger partial charge on any atom is -0.441 e. The third-order valence-corrected chi connectivity index (χ3v) is 4.73. The third kappa shape index (κ3) is 4.31. The van der Waals surface area contributed by atoms with E-state index in [1.807, 2.05) is 19.9 Å². The summed E-state index contributed by atoms with van der Waals surface area (Å²) in [5, 5.41) is 2.71. The van der Waals surface area contributed by atoms with Gasteiger partial charge >= 0.3 is 11.8 Å². The van der Waals surface area contributed by atoms with Crippen molar-refractivity contribution in [3.8, 4) is 11.5 Å². The molecule has 1 aromatic heterocycles. The molecule has 0 bridgehead atoms. The van der Waals surface area contributed by atoms with Crippen LogP contribution in [0.2, 0.25) is 0 Å². The van der Waals surface area contributed by atoms with E-state index in [-0.39, 0.29) is 0 Å². The van der Waals surface area contributed by atoms with Crippen LogP contribution in [0.5, 0.6) is 0 Å². The van der Waals surface area contributed by atoms with Gasteiger partial charge < -0.3 is 14.6 Å². The topological polar surface area (TPSA) is 75.4 Å². The van der Waals surface area contributed by atoms with Gasteiger partial charge in [-0.3, -0.25) is 9.59 Å². The maximum Gasteiger partial charge on any atom is 0.313 e. The molecule has 1 saturated heterocycles. The number of likely N-dealkylation sites (tertiary alicyclic amines) is 1. The van der Waals surface area contributed by atoms with Crippen LogP contribution in [0.3, 0.4) is 0 Å². The summed E-state index contributed by atoms with van der Waals surface area (Å²) in [5.74, 6) is 0.218. The number of anilines is 1. The lowest BCUT2D eigenvalue weighted by molar-refractivity contribution is -0.143. The van der Waals surface area contributed by atoms with Crippen molar-refractivity contribution in [2.24, 2.45) is 0 Å². The van der Waals surface area contributed by atoms with Gasteiger partial charge in [-0.05, 0) is 44.9 Å². The van der Waals surface area contributed by atoms with Gasteiger partial charge in [0, 0.05) is 24.3 Å². The number of oxazole rings is 1. The Morgan fingerprint density at radius 2 is 1.77 bits per heavy atom. The Balaban J connectivity index is 1.68. The molecule has 1 N–H and O–H groups in total. The Kier molecular flexibility index (Phi) is 5.71. The number of hydrogen-bond acceptors (Lipinski definition) is 4. The zero-order valence-corrected chi connectivity index (χ0v) is 15.4. The summed E-state index contributed by atoms with van der Waals surface area (Å²) in [4.78, 5) is 30.9. The molecule has 1 aromatic carbocycles. The Bertz CT molecular complexity index is 770. The van der Waals surface area contributed by atoms with Crippen molar-refractivity contribution in [1.82, 2.24) is 9.88 Å². The number of nitrogens with one attached hydrogen (secondary N) is 1. The molecule has 0 radical (unpaired) electrons. The van der Waals surface area contributed by atoms with Crippen LogP contribution < -0.4 is 5.32 Å². The minimum absolute atomic E-state index is 0.458. The second-order valence-electron chi connectivity index (χ2n) is 6.76. The number of hydrogen-bond donors (Lipinski definition) is 1. The molecular weight excluding hydrogens is 330 g/mol. The Labute approximate surface area is 153 Å². The van der Waals surface area contributed by atoms with E-state index in [0.29, 0.717) is 24.7 Å². The number of aromatic nitrogens is 1. The number of carbonyl (C=O) groups excluding carboxylic acids is 2. The highest BCUT2D eigenvalue weighted by Crippen LogP contribution is 2.24. The van der Waals surface area contributed by atoms with E-state index in [9.17, 15) is 9.59 Å². The van der Waals surface area contributed by atoms with E-state index in [1.165, 1.54) is 6.42 Å². The molecule has 6 nitrogen and oxygen atoms in total. The van der Waals surface area contributed by atoms with Crippen LogP contribution in [-0.2, 0) is 9.59 Å². The largest absolute Gasteiger partial charge is 0.441 e. The summed E-state index contributed by atoms with van der Waals surface area (Å²) in [6.45, 7) is 5.05. The first-order valence-electron chi connectivity index (χ1n) is 9.19. The molecule has 0 aliphatic carbocycles. The van der Waals surface area contributed by atoms with Gasteiger partial charge in [0.1, 0.15) is 5.76 Å². The molecule has 6 heteroatoms. The van der Waals surface area contributed by atoms with E-state index in [1.54, 1.807) is 23.1 Å². The normalized spacial score (nSPS) is 15.2. The van der Waals surface area contributed by atoms with Crippen LogP contribution in [0.4, 0.5) is 5.69 Å². The van der Waals surface area contributed by atoms with Gasteiger partial charge in [-0.25, -0.2) is 4.98 Å². The monoisotopic (exact) mass is 355 g/mol. The van der Waals surface area contributed by atoms with Gasteiger partial charge in [-0.2, -0.15) is 0 Å². The molecule has 1 aliphatic heterocycles. The molecule has 1 fully saturated rings. The van der Waals surface area contributed by atoms with Crippen LogP contribution in [0, 0.1) is 13.8 Å². The number of rotatable bonds is 2. The van der Waals surface area contributed by atoms with Crippen molar-refractivity contribution in [2.45, 2.75) is 46.0 Å². The first kappa shape index (κ1) is 18.2. The molecule has 0 saturated carbocycles. The van der Waals surface area contributed by atoms with Gasteiger partial charge in [-0.1, -0.05) is 25.3 Å². The molecule has 138 valence electrons. The second-order valence-corrected chi connectivity index (χ2v) is 6.76. The summed E-state index contributed by atoms with van der Waals surface area (Å²) in [6, 6.07) is 7.19. The molecule has 3 rings (SSSR count). The molecule has 1 aliphatic rings. The van der Waals surface area contributed by atoms with Gasteiger partial charge in [0.05, 0.1) is 5.69 Å². The molecule has 2 heterocycles. The second kappa shape index (κ2) is 8.17. The zero-order valence-electron chi connectivity index (χ0n) is 15.4. The highest BCUT2D eigenvalue weighted by molar-refractivity contribution is 6.39. The van der Waals surface area contributed by atoms with Crippen molar-refractivity contribution in [3.63, 3.8) is 0 Å². The van der Waals surface area contributed by atoms with Crippen LogP contribution in [0.1, 0.15) is 43.6 Å². The first-order chi connectivity index (χ1) is 12.5. The average Bonchev–Trinajstić information content (AvgIpc) is 2.93. The van der Waals surface area contributed by atoms with Gasteiger partial charge in [0.25, 0.3) is 0 Å². The summed E-state index contributed by atoms with van der Waals surface area (Å²) >= 11 is 0. The van der Waals surface area contributed by atoms with E-state index < -0.39 is 11.8 Å². The van der Waals surface area contributed by atoms with Gasteiger partial charge in [0.15, 0.2) is 0 Å². The van der Waals surface area contributed by atoms with Crippen molar-refractivity contribution in [3.05, 3.63) is 35.7 Å². The first-order valence-corrected chi connectivity index (χ1v) is 9.19. The Morgan fingerprint density at radius 1 is 1.08 bits per heavy atom. The number of carbonyl (C=O) groups is 2. The number of aryl methyl sites for hydroxylation is 2. The SMILES string of the molecule is Cc1nc(-c2cccc(NC(=O)C(=O)N3CCCCCCC3)c2)oc1C. The smallest absolute Gasteiger partial charge is 0.313 e. The lowest BCUT2D eigenvalue weighted by atomic mass is 10.1. The van der Waals surface area contributed by atoms with Crippen molar-refractivity contribution < 1.29 is 14.0 Å². The van der Waals surface area contributed by atoms with Gasteiger partial charge in [-0.15, -0.1) is 0 Å². The predicted octanol–water partition coefficient (Wildman–Crippen LogP) is 3.69. The Morgan fingerprint density at radius 3 is 2.42 bits per heavy atom. The van der Waals surface area contributed by atoms with E-state index in [0.717, 1.165) is 42.7 Å². The molecule has 0 spiro atoms. The standard InChI is InChI=1S/C20H25N3O3/c1-14-15(2)26-19(21-14)16-9-8-10-17(13-16)22-18(24)20(25)23-11-6-4-3-5-7-12-23/h8-10,13H,3-7,11-12H2,1-2H3,(H,22,24). The number of amides is 2. The van der Waals surface area contributed by atoms with Crippen LogP contribution >= 0.6 is 0 Å². The summed E-state index contributed by atoms with van der Waals surface area (Å²) < 4.78 is 5.63. The highest BCUT2D eigenvalue weighted by atomic mass is 16.4. The highest BCUT2D eigenvalue weighted by Gasteiger charge is 2.22. The zero-order chi connectivity index (χ0) is 18.5. The number of benzene rings is 1. The fourth-order valence-electron chi connectivity index (χ4n) is 3.10. The summed E-state index contributed by atoms with van der Waals surface area (Å²) in [6.07, 6.45) is 5.35. The van der Waals surface area contributed by atoms with Crippen LogP contribution in [0.15, 0.2) is 28.7 Å². The lowest BCUT2D eigenvalue weighted by Crippen LogP contribution is -2.41. The van der Waals surface area contributed by atoms with E-state index >= 15 is 0 Å². The molecule has 2 aromatic rings. The lowest BCUT2D eigenvalue weighted by Gasteiger charge is -2.24. The molecule has 26 heavy (non-hydrogen) atoms. The quantitative estimate of drug-likeness (QED) is 0.834. The molecule has 2 amide bonds. The average molecular weight is 355 g/mol. The van der Waals surface area contributed by atoms with Crippen molar-refractivity contribution in [1.29, 1.82) is 0 Å². The van der Waals surface area contributed by atoms with Crippen LogP contribution in [0.25, 0.3) is 11.5 Å². The number of nitrogens with zero attached hydrogens (tertiary/aromatic N) is 2. The third-order valence-electron chi connectivity index (χ3n) is 4.73. The van der Waals surface area contributed by atoms with E-state index in [2.05, 4.69) is 10.3 Å². The molecular formula is C20H25N3O3. The molecule has 0 unspecified atom stereocenters. The minimum atomic E-state index is -0.595. The van der Waals surface area contributed by atoms with Gasteiger partial charge in [0.2, 0.25) is 5.89 Å². The Hall–Kier alpha value is -2.63. The fourth-order valence-corrected chi connectivity index (χ4v) is 3.10. The van der Waals surface area contributed by atoms with Crippen molar-refractivity contribution in [2.75, 3.05) is 18.4 Å². The van der Waals surface area contributed by atoms with E-state index in [4.69, 9.17) is 4.42 Å². The van der Waals surface area contributed by atoms with Crippen LogP contribution in [-0.4, -0.2) is 34.8 Å². The van der Waals surface area contributed by atoms with Crippen molar-refractivity contribution >= 4 is 17.5 Å². The molecule has 0 atom stereocenters. The maximum absolute atomic E-state index is 12.5. The fraction of sp³-hybridized carbons (Fsp3) is 0.450.